The van der Waals surface area contributed by atoms with Crippen molar-refractivity contribution in [2.75, 3.05) is 0 Å². The summed E-state index contributed by atoms with van der Waals surface area (Å²) in [6.07, 6.45) is -0.296. The Balaban J connectivity index is 1.11. The average molecular weight is 650 g/mol. The molecule has 0 saturated carbocycles. The number of benzene rings is 8. The molecule has 1 N–H and O–H groups in total. The van der Waals surface area contributed by atoms with Crippen molar-refractivity contribution in [3.05, 3.63) is 215 Å². The molecule has 3 heteroatoms. The molecule has 51 heavy (non-hydrogen) atoms. The Bertz CT molecular complexity index is 2700. The summed E-state index contributed by atoms with van der Waals surface area (Å²) in [5, 5.41) is 8.95. The highest BCUT2D eigenvalue weighted by Gasteiger charge is 2.50. The van der Waals surface area contributed by atoms with Crippen LogP contribution in [0.2, 0.25) is 0 Å². The SMILES string of the molecule is c1ccc(C2=NC(c3ccc4c(c3)C3(c5ccccc5-4)c4cccc5ccc6cccc3c6c45)=NC(c3ccc(-c4ccccc4)cc3)N2)cc1. The van der Waals surface area contributed by atoms with Gasteiger partial charge < -0.3 is 5.32 Å². The second kappa shape index (κ2) is 10.7. The van der Waals surface area contributed by atoms with Crippen LogP contribution in [0.25, 0.3) is 43.8 Å². The van der Waals surface area contributed by atoms with Gasteiger partial charge in [-0.2, -0.15) is 0 Å². The number of amidine groups is 2. The quantitative estimate of drug-likeness (QED) is 0.189. The first-order valence-electron chi connectivity index (χ1n) is 17.6. The van der Waals surface area contributed by atoms with Crippen LogP contribution in [-0.4, -0.2) is 11.7 Å². The fraction of sp³-hybridized carbons (Fsp3) is 0.0417. The summed E-state index contributed by atoms with van der Waals surface area (Å²) >= 11 is 0. The third-order valence-electron chi connectivity index (χ3n) is 11.1. The molecule has 0 saturated heterocycles. The Labute approximate surface area is 296 Å². The molecule has 1 heterocycles. The van der Waals surface area contributed by atoms with E-state index in [1.807, 2.05) is 6.07 Å². The Morgan fingerprint density at radius 2 is 1.00 bits per heavy atom. The molecule has 238 valence electrons. The first-order valence-corrected chi connectivity index (χ1v) is 17.6. The van der Waals surface area contributed by atoms with Gasteiger partial charge in [0.25, 0.3) is 0 Å². The van der Waals surface area contributed by atoms with Crippen LogP contribution in [0.3, 0.4) is 0 Å². The fourth-order valence-corrected chi connectivity index (χ4v) is 8.91. The summed E-state index contributed by atoms with van der Waals surface area (Å²) in [4.78, 5) is 10.6. The highest BCUT2D eigenvalue weighted by atomic mass is 15.2. The number of nitrogens with one attached hydrogen (secondary N) is 1. The molecule has 0 aromatic heterocycles. The second-order valence-corrected chi connectivity index (χ2v) is 13.7. The molecular weight excluding hydrogens is 619 g/mol. The molecule has 0 fully saturated rings. The molecule has 0 amide bonds. The summed E-state index contributed by atoms with van der Waals surface area (Å²) in [5.74, 6) is 1.55. The van der Waals surface area contributed by atoms with Gasteiger partial charge in [0.15, 0.2) is 5.84 Å². The van der Waals surface area contributed by atoms with E-state index >= 15 is 0 Å². The van der Waals surface area contributed by atoms with Gasteiger partial charge in [-0.25, -0.2) is 9.98 Å². The number of hydrogen-bond acceptors (Lipinski definition) is 3. The van der Waals surface area contributed by atoms with Crippen molar-refractivity contribution in [2.24, 2.45) is 9.98 Å². The molecule has 1 spiro atoms. The van der Waals surface area contributed by atoms with E-state index < -0.39 is 5.41 Å². The van der Waals surface area contributed by atoms with Gasteiger partial charge in [-0.3, -0.25) is 0 Å². The van der Waals surface area contributed by atoms with E-state index in [4.69, 9.17) is 9.98 Å². The van der Waals surface area contributed by atoms with E-state index in [9.17, 15) is 0 Å². The standard InChI is InChI=1S/C48H31N3/c1-3-11-30(12-4-1)31-21-25-35(26-22-31)46-49-45(34-13-5-2-6-14-34)50-47(51-46)36-27-28-38-37-17-7-8-18-39(37)48(42(38)29-36)40-19-9-15-32-23-24-33-16-10-20-41(48)44(33)43(32)40/h1-29,46H,(H,49,50,51). The topological polar surface area (TPSA) is 36.8 Å². The van der Waals surface area contributed by atoms with Gasteiger partial charge in [0, 0.05) is 11.1 Å². The van der Waals surface area contributed by atoms with Gasteiger partial charge in [0.05, 0.1) is 5.41 Å². The van der Waals surface area contributed by atoms with Crippen LogP contribution < -0.4 is 5.32 Å². The molecule has 0 radical (unpaired) electrons. The van der Waals surface area contributed by atoms with E-state index in [0.29, 0.717) is 0 Å². The van der Waals surface area contributed by atoms with Crippen molar-refractivity contribution in [1.29, 1.82) is 0 Å². The van der Waals surface area contributed by atoms with Crippen molar-refractivity contribution >= 4 is 33.2 Å². The van der Waals surface area contributed by atoms with Crippen molar-refractivity contribution in [2.45, 2.75) is 11.6 Å². The summed E-state index contributed by atoms with van der Waals surface area (Å²) < 4.78 is 0. The summed E-state index contributed by atoms with van der Waals surface area (Å²) in [6.45, 7) is 0. The van der Waals surface area contributed by atoms with Crippen LogP contribution in [0, 0.1) is 0 Å². The van der Waals surface area contributed by atoms with Gasteiger partial charge in [-0.05, 0) is 77.7 Å². The number of nitrogens with zero attached hydrogens (tertiary/aromatic N) is 2. The third kappa shape index (κ3) is 4.00. The van der Waals surface area contributed by atoms with Gasteiger partial charge in [0.1, 0.15) is 12.0 Å². The lowest BCUT2D eigenvalue weighted by atomic mass is 9.70. The minimum absolute atomic E-state index is 0.296. The van der Waals surface area contributed by atoms with E-state index in [2.05, 4.69) is 175 Å². The van der Waals surface area contributed by atoms with Gasteiger partial charge in [-0.1, -0.05) is 170 Å². The number of aliphatic imine (C=N–C) groups is 2. The zero-order valence-corrected chi connectivity index (χ0v) is 27.7. The van der Waals surface area contributed by atoms with Crippen molar-refractivity contribution in [1.82, 2.24) is 5.32 Å². The molecular formula is C48H31N3. The Morgan fingerprint density at radius 1 is 0.431 bits per heavy atom. The highest BCUT2D eigenvalue weighted by molar-refractivity contribution is 6.18. The maximum atomic E-state index is 5.33. The summed E-state index contributed by atoms with van der Waals surface area (Å²) in [5.41, 5.74) is 13.0. The van der Waals surface area contributed by atoms with Crippen LogP contribution in [0.1, 0.15) is 45.1 Å². The molecule has 11 rings (SSSR count). The maximum Gasteiger partial charge on any atom is 0.159 e. The van der Waals surface area contributed by atoms with Gasteiger partial charge in [0.2, 0.25) is 0 Å². The van der Waals surface area contributed by atoms with Crippen molar-refractivity contribution < 1.29 is 0 Å². The highest BCUT2D eigenvalue weighted by Crippen LogP contribution is 2.62. The summed E-state index contributed by atoms with van der Waals surface area (Å²) in [6, 6.07) is 63.7. The molecule has 1 unspecified atom stereocenters. The first kappa shape index (κ1) is 28.3. The van der Waals surface area contributed by atoms with Gasteiger partial charge in [-0.15, -0.1) is 0 Å². The van der Waals surface area contributed by atoms with E-state index in [0.717, 1.165) is 28.4 Å². The normalized spacial score (nSPS) is 16.2. The Kier molecular flexibility index (Phi) is 5.94. The first-order chi connectivity index (χ1) is 25.3. The second-order valence-electron chi connectivity index (χ2n) is 13.7. The zero-order valence-electron chi connectivity index (χ0n) is 27.7. The largest absolute Gasteiger partial charge is 0.344 e. The monoisotopic (exact) mass is 649 g/mol. The third-order valence-corrected chi connectivity index (χ3v) is 11.1. The smallest absolute Gasteiger partial charge is 0.159 e. The van der Waals surface area contributed by atoms with Crippen LogP contribution in [0.4, 0.5) is 0 Å². The minimum Gasteiger partial charge on any atom is -0.344 e. The molecule has 1 atom stereocenters. The minimum atomic E-state index is -0.434. The van der Waals surface area contributed by atoms with E-state index in [-0.39, 0.29) is 6.17 Å². The number of fused-ring (bicyclic) bond motifs is 7. The molecule has 3 nitrogen and oxygen atoms in total. The van der Waals surface area contributed by atoms with Crippen LogP contribution in [0.5, 0.6) is 0 Å². The van der Waals surface area contributed by atoms with Crippen LogP contribution in [-0.2, 0) is 5.41 Å². The van der Waals surface area contributed by atoms with Crippen LogP contribution >= 0.6 is 0 Å². The molecule has 3 aliphatic rings. The molecule has 2 aliphatic carbocycles. The fourth-order valence-electron chi connectivity index (χ4n) is 8.91. The average Bonchev–Trinajstić information content (AvgIpc) is 3.68. The van der Waals surface area contributed by atoms with E-state index in [1.165, 1.54) is 66.1 Å². The van der Waals surface area contributed by atoms with Crippen molar-refractivity contribution in [3.8, 4) is 22.3 Å². The molecule has 1 aliphatic heterocycles. The molecule has 0 bridgehead atoms. The Morgan fingerprint density at radius 3 is 1.71 bits per heavy atom. The zero-order chi connectivity index (χ0) is 33.5. The number of hydrogen-bond donors (Lipinski definition) is 1. The Hall–Kier alpha value is -6.58. The predicted octanol–water partition coefficient (Wildman–Crippen LogP) is 10.8. The lowest BCUT2D eigenvalue weighted by molar-refractivity contribution is 0.674. The molecule has 8 aromatic carbocycles. The van der Waals surface area contributed by atoms with Crippen LogP contribution in [0.15, 0.2) is 186 Å². The maximum absolute atomic E-state index is 5.33. The molecule has 8 aromatic rings. The lowest BCUT2D eigenvalue weighted by Crippen LogP contribution is -2.33. The predicted molar refractivity (Wildman–Crippen MR) is 210 cm³/mol. The van der Waals surface area contributed by atoms with Crippen molar-refractivity contribution in [3.63, 3.8) is 0 Å². The lowest BCUT2D eigenvalue weighted by Gasteiger charge is -2.31. The summed E-state index contributed by atoms with van der Waals surface area (Å²) in [7, 11) is 0. The van der Waals surface area contributed by atoms with E-state index in [1.54, 1.807) is 0 Å². The van der Waals surface area contributed by atoms with Gasteiger partial charge >= 0.3 is 0 Å². The number of rotatable bonds is 4.